The van der Waals surface area contributed by atoms with Crippen molar-refractivity contribution in [3.63, 3.8) is 0 Å². The van der Waals surface area contributed by atoms with Gasteiger partial charge in [0.25, 0.3) is 0 Å². The number of amides is 1. The van der Waals surface area contributed by atoms with Crippen LogP contribution >= 0.6 is 11.6 Å². The molecule has 3 saturated heterocycles. The Labute approximate surface area is 190 Å². The Kier molecular flexibility index (Phi) is 6.99. The van der Waals surface area contributed by atoms with Crippen LogP contribution in [0.15, 0.2) is 18.2 Å². The van der Waals surface area contributed by atoms with Gasteiger partial charge in [0, 0.05) is 48.9 Å². The maximum absolute atomic E-state index is 12.5. The van der Waals surface area contributed by atoms with Crippen LogP contribution in [0.25, 0.3) is 0 Å². The summed E-state index contributed by atoms with van der Waals surface area (Å²) in [4.78, 5) is 17.2. The Morgan fingerprint density at radius 1 is 1.10 bits per heavy atom. The smallest absolute Gasteiger partial charge is 0.410 e. The molecule has 3 atom stereocenters. The van der Waals surface area contributed by atoms with Crippen molar-refractivity contribution in [1.82, 2.24) is 9.80 Å². The lowest BCUT2D eigenvalue weighted by atomic mass is 9.82. The molecule has 4 rings (SSSR count). The molecule has 7 heteroatoms. The Morgan fingerprint density at radius 2 is 1.77 bits per heavy atom. The zero-order valence-electron chi connectivity index (χ0n) is 18.9. The van der Waals surface area contributed by atoms with Crippen LogP contribution in [-0.4, -0.2) is 67.9 Å². The van der Waals surface area contributed by atoms with Gasteiger partial charge in [0.15, 0.2) is 0 Å². The number of likely N-dealkylation sites (tertiary alicyclic amines) is 1. The van der Waals surface area contributed by atoms with Gasteiger partial charge in [-0.3, -0.25) is 0 Å². The van der Waals surface area contributed by atoms with Gasteiger partial charge >= 0.3 is 6.09 Å². The fraction of sp³-hybridized carbons (Fsp3) is 0.708. The summed E-state index contributed by atoms with van der Waals surface area (Å²) in [5.41, 5.74) is 0.658. The zero-order chi connectivity index (χ0) is 22.0. The summed E-state index contributed by atoms with van der Waals surface area (Å²) in [6.45, 7) is 4.25. The number of ether oxygens (including phenoxy) is 3. The average Bonchev–Trinajstić information content (AvgIpc) is 3.08. The van der Waals surface area contributed by atoms with Crippen molar-refractivity contribution in [2.45, 2.75) is 75.6 Å². The molecule has 0 spiro atoms. The van der Waals surface area contributed by atoms with E-state index in [0.717, 1.165) is 69.3 Å². The molecule has 31 heavy (non-hydrogen) atoms. The highest BCUT2D eigenvalue weighted by Crippen LogP contribution is 2.44. The highest BCUT2D eigenvalue weighted by atomic mass is 35.5. The van der Waals surface area contributed by atoms with Crippen LogP contribution in [-0.2, 0) is 15.1 Å². The molecular weight excluding hydrogens is 416 g/mol. The van der Waals surface area contributed by atoms with Gasteiger partial charge in [-0.05, 0) is 70.1 Å². The number of fused-ring (bicyclic) bond motifs is 2. The van der Waals surface area contributed by atoms with Gasteiger partial charge in [-0.25, -0.2) is 4.79 Å². The van der Waals surface area contributed by atoms with Crippen molar-refractivity contribution in [2.75, 3.05) is 33.9 Å². The van der Waals surface area contributed by atoms with E-state index in [-0.39, 0.29) is 11.7 Å². The van der Waals surface area contributed by atoms with E-state index in [1.54, 1.807) is 14.2 Å². The van der Waals surface area contributed by atoms with Crippen LogP contribution < -0.4 is 4.74 Å². The molecular formula is C24H35ClN2O4. The summed E-state index contributed by atoms with van der Waals surface area (Å²) in [7, 11) is 3.49. The summed E-state index contributed by atoms with van der Waals surface area (Å²) in [5, 5.41) is 0.702. The Morgan fingerprint density at radius 3 is 2.42 bits per heavy atom. The number of hydrogen-bond donors (Lipinski definition) is 0. The molecule has 3 aliphatic heterocycles. The van der Waals surface area contributed by atoms with Gasteiger partial charge in [-0.1, -0.05) is 11.6 Å². The largest absolute Gasteiger partial charge is 0.496 e. The first-order valence-corrected chi connectivity index (χ1v) is 12.0. The first kappa shape index (κ1) is 22.7. The van der Waals surface area contributed by atoms with Crippen LogP contribution in [0.4, 0.5) is 4.79 Å². The summed E-state index contributed by atoms with van der Waals surface area (Å²) in [6.07, 6.45) is 7.11. The molecule has 0 N–H and O–H groups in total. The fourth-order valence-electron chi connectivity index (χ4n) is 5.99. The second-order valence-electron chi connectivity index (χ2n) is 9.04. The highest BCUT2D eigenvalue weighted by molar-refractivity contribution is 6.30. The summed E-state index contributed by atoms with van der Waals surface area (Å²) in [5.74, 6) is 0.830. The van der Waals surface area contributed by atoms with Gasteiger partial charge in [0.2, 0.25) is 0 Å². The molecule has 0 aliphatic carbocycles. The monoisotopic (exact) mass is 450 g/mol. The quantitative estimate of drug-likeness (QED) is 0.643. The molecule has 0 aromatic heterocycles. The van der Waals surface area contributed by atoms with Crippen LogP contribution in [0.3, 0.4) is 0 Å². The van der Waals surface area contributed by atoms with Crippen LogP contribution in [0.1, 0.15) is 57.4 Å². The fourth-order valence-corrected chi connectivity index (χ4v) is 6.16. The predicted octanol–water partition coefficient (Wildman–Crippen LogP) is 4.83. The SMILES string of the molecule is CCOC(=O)N1C2CCC(N3CCC(OC)(c4cc(Cl)ccc4OC)CC3)CC1CC2. The number of piperidine rings is 1. The predicted molar refractivity (Wildman–Crippen MR) is 121 cm³/mol. The minimum absolute atomic E-state index is 0.124. The molecule has 3 unspecified atom stereocenters. The molecule has 3 heterocycles. The minimum Gasteiger partial charge on any atom is -0.496 e. The lowest BCUT2D eigenvalue weighted by Gasteiger charge is -2.44. The molecule has 6 nitrogen and oxygen atoms in total. The van der Waals surface area contributed by atoms with Gasteiger partial charge in [0.1, 0.15) is 5.75 Å². The lowest BCUT2D eigenvalue weighted by Crippen LogP contribution is -2.49. The van der Waals surface area contributed by atoms with E-state index in [1.807, 2.05) is 30.0 Å². The van der Waals surface area contributed by atoms with E-state index < -0.39 is 0 Å². The highest BCUT2D eigenvalue weighted by Gasteiger charge is 2.45. The maximum Gasteiger partial charge on any atom is 0.410 e. The van der Waals surface area contributed by atoms with Gasteiger partial charge in [-0.2, -0.15) is 0 Å². The van der Waals surface area contributed by atoms with Crippen LogP contribution in [0.2, 0.25) is 5.02 Å². The third-order valence-electron chi connectivity index (χ3n) is 7.64. The molecule has 1 aromatic carbocycles. The first-order valence-electron chi connectivity index (χ1n) is 11.6. The van der Waals surface area contributed by atoms with Gasteiger partial charge < -0.3 is 24.0 Å². The van der Waals surface area contributed by atoms with Crippen molar-refractivity contribution in [3.05, 3.63) is 28.8 Å². The van der Waals surface area contributed by atoms with E-state index in [9.17, 15) is 4.79 Å². The van der Waals surface area contributed by atoms with Gasteiger partial charge in [0.05, 0.1) is 19.3 Å². The second-order valence-corrected chi connectivity index (χ2v) is 9.47. The molecule has 2 bridgehead atoms. The summed E-state index contributed by atoms with van der Waals surface area (Å²) < 4.78 is 17.1. The number of nitrogens with zero attached hydrogens (tertiary/aromatic N) is 2. The zero-order valence-corrected chi connectivity index (χ0v) is 19.7. The number of hydrogen-bond acceptors (Lipinski definition) is 5. The molecule has 0 radical (unpaired) electrons. The number of benzene rings is 1. The number of rotatable bonds is 5. The minimum atomic E-state index is -0.382. The molecule has 172 valence electrons. The number of halogens is 1. The van der Waals surface area contributed by atoms with Crippen molar-refractivity contribution < 1.29 is 19.0 Å². The van der Waals surface area contributed by atoms with E-state index in [0.29, 0.717) is 29.8 Å². The third kappa shape index (κ3) is 4.39. The number of methoxy groups -OCH3 is 2. The standard InChI is InChI=1S/C24H35ClN2O4/c1-4-31-23(28)27-18-6-8-19(16-20(27)9-7-18)26-13-11-24(30-3,12-14-26)21-15-17(25)5-10-22(21)29-2/h5,10,15,18-20H,4,6-9,11-14,16H2,1-3H3. The lowest BCUT2D eigenvalue weighted by molar-refractivity contribution is -0.0718. The van der Waals surface area contributed by atoms with Crippen molar-refractivity contribution in [1.29, 1.82) is 0 Å². The van der Waals surface area contributed by atoms with E-state index in [2.05, 4.69) is 4.90 Å². The summed E-state index contributed by atoms with van der Waals surface area (Å²) in [6, 6.07) is 6.92. The van der Waals surface area contributed by atoms with Crippen molar-refractivity contribution in [3.8, 4) is 5.75 Å². The first-order chi connectivity index (χ1) is 15.0. The second kappa shape index (κ2) is 9.55. The van der Waals surface area contributed by atoms with Crippen LogP contribution in [0, 0.1) is 0 Å². The normalized spacial score (nSPS) is 28.3. The molecule has 0 saturated carbocycles. The third-order valence-corrected chi connectivity index (χ3v) is 7.88. The molecule has 3 aliphatic rings. The van der Waals surface area contributed by atoms with Crippen molar-refractivity contribution >= 4 is 17.7 Å². The van der Waals surface area contributed by atoms with E-state index >= 15 is 0 Å². The Bertz CT molecular complexity index is 781. The van der Waals surface area contributed by atoms with Crippen LogP contribution in [0.5, 0.6) is 5.75 Å². The maximum atomic E-state index is 12.5. The van der Waals surface area contributed by atoms with E-state index in [4.69, 9.17) is 25.8 Å². The average molecular weight is 451 g/mol. The Balaban J connectivity index is 1.45. The topological polar surface area (TPSA) is 51.2 Å². The van der Waals surface area contributed by atoms with Gasteiger partial charge in [-0.15, -0.1) is 0 Å². The molecule has 1 amide bonds. The molecule has 3 fully saturated rings. The molecule has 1 aromatic rings. The van der Waals surface area contributed by atoms with Crippen molar-refractivity contribution in [2.24, 2.45) is 0 Å². The number of carbonyl (C=O) groups excluding carboxylic acids is 1. The number of carbonyl (C=O) groups is 1. The van der Waals surface area contributed by atoms with E-state index in [1.165, 1.54) is 0 Å². The summed E-state index contributed by atoms with van der Waals surface area (Å²) >= 11 is 6.31. The Hall–Kier alpha value is -1.50.